The first-order valence-electron chi connectivity index (χ1n) is 10.4. The lowest BCUT2D eigenvalue weighted by atomic mass is 9.89. The van der Waals surface area contributed by atoms with Gasteiger partial charge in [-0.25, -0.2) is 4.79 Å². The molecule has 0 spiro atoms. The third kappa shape index (κ3) is 5.94. The lowest BCUT2D eigenvalue weighted by molar-refractivity contribution is 0.192. The van der Waals surface area contributed by atoms with Crippen LogP contribution in [-0.4, -0.2) is 54.3 Å². The summed E-state index contributed by atoms with van der Waals surface area (Å²) in [4.78, 5) is 20.2. The highest BCUT2D eigenvalue weighted by Gasteiger charge is 2.24. The van der Waals surface area contributed by atoms with Crippen LogP contribution < -0.4 is 10.2 Å². The van der Waals surface area contributed by atoms with Crippen molar-refractivity contribution in [1.82, 2.24) is 15.2 Å². The second-order valence-electron chi connectivity index (χ2n) is 8.07. The van der Waals surface area contributed by atoms with E-state index >= 15 is 0 Å². The number of hydrogen-bond donors (Lipinski definition) is 2. The summed E-state index contributed by atoms with van der Waals surface area (Å²) in [6, 6.07) is 13.0. The Bertz CT molecular complexity index is 831. The van der Waals surface area contributed by atoms with Crippen molar-refractivity contribution in [3.8, 4) is 0 Å². The fourth-order valence-electron chi connectivity index (χ4n) is 4.05. The number of likely N-dealkylation sites (N-methyl/N-ethyl adjacent to an activating group) is 1. The normalized spacial score (nSPS) is 15.0. The molecule has 1 aromatic heterocycles. The second-order valence-corrected chi connectivity index (χ2v) is 8.07. The number of nitrogens with one attached hydrogen (secondary N) is 1. The van der Waals surface area contributed by atoms with E-state index in [-0.39, 0.29) is 0 Å². The molecule has 0 aliphatic carbocycles. The molecule has 1 aliphatic heterocycles. The van der Waals surface area contributed by atoms with Gasteiger partial charge in [0.1, 0.15) is 0 Å². The van der Waals surface area contributed by atoms with Crippen LogP contribution in [0.2, 0.25) is 0 Å². The van der Waals surface area contributed by atoms with Crippen molar-refractivity contribution in [2.75, 3.05) is 38.1 Å². The van der Waals surface area contributed by atoms with Gasteiger partial charge in [0.05, 0.1) is 0 Å². The molecule has 1 aromatic carbocycles. The number of piperidine rings is 1. The molecule has 2 aromatic rings. The van der Waals surface area contributed by atoms with Crippen LogP contribution in [0.3, 0.4) is 0 Å². The van der Waals surface area contributed by atoms with E-state index in [2.05, 4.69) is 65.4 Å². The molecular formula is C23H32N4O2. The zero-order chi connectivity index (χ0) is 20.8. The van der Waals surface area contributed by atoms with Gasteiger partial charge in [0, 0.05) is 55.7 Å². The zero-order valence-electron chi connectivity index (χ0n) is 17.7. The number of carbonyl (C=O) groups is 1. The van der Waals surface area contributed by atoms with E-state index in [0.717, 1.165) is 38.2 Å². The third-order valence-corrected chi connectivity index (χ3v) is 5.61. The smallest absolute Gasteiger partial charge is 0.404 e. The second kappa shape index (κ2) is 9.74. The van der Waals surface area contributed by atoms with Crippen molar-refractivity contribution in [2.24, 2.45) is 0 Å². The van der Waals surface area contributed by atoms with Crippen molar-refractivity contribution >= 4 is 11.8 Å². The minimum atomic E-state index is -0.975. The first-order chi connectivity index (χ1) is 13.9. The number of amides is 1. The maximum absolute atomic E-state index is 10.6. The van der Waals surface area contributed by atoms with Crippen LogP contribution in [0.4, 0.5) is 10.5 Å². The van der Waals surface area contributed by atoms with E-state index in [0.29, 0.717) is 19.0 Å². The third-order valence-electron chi connectivity index (χ3n) is 5.61. The molecule has 0 radical (unpaired) electrons. The Hall–Kier alpha value is -2.60. The highest BCUT2D eigenvalue weighted by Crippen LogP contribution is 2.32. The molecular weight excluding hydrogens is 364 g/mol. The van der Waals surface area contributed by atoms with E-state index in [9.17, 15) is 4.79 Å². The van der Waals surface area contributed by atoms with Crippen molar-refractivity contribution in [2.45, 2.75) is 39.2 Å². The van der Waals surface area contributed by atoms with Gasteiger partial charge < -0.3 is 20.2 Å². The fourth-order valence-corrected chi connectivity index (χ4v) is 4.05. The molecule has 0 atom stereocenters. The molecule has 0 unspecified atom stereocenters. The van der Waals surface area contributed by atoms with E-state index in [1.165, 1.54) is 22.5 Å². The molecule has 1 aliphatic rings. The molecule has 6 nitrogen and oxygen atoms in total. The van der Waals surface area contributed by atoms with Crippen LogP contribution >= 0.6 is 0 Å². The van der Waals surface area contributed by atoms with Crippen molar-refractivity contribution in [3.05, 3.63) is 58.9 Å². The number of nitrogens with zero attached hydrogens (tertiary/aromatic N) is 3. The Kier molecular flexibility index (Phi) is 7.09. The highest BCUT2D eigenvalue weighted by atomic mass is 16.4. The van der Waals surface area contributed by atoms with Gasteiger partial charge in [-0.15, -0.1) is 0 Å². The Morgan fingerprint density at radius 1 is 1.24 bits per heavy atom. The zero-order valence-corrected chi connectivity index (χ0v) is 17.7. The van der Waals surface area contributed by atoms with Crippen molar-refractivity contribution in [1.29, 1.82) is 0 Å². The molecule has 0 bridgehead atoms. The summed E-state index contributed by atoms with van der Waals surface area (Å²) in [5.41, 5.74) is 6.13. The lowest BCUT2D eigenvalue weighted by Gasteiger charge is -2.34. The molecule has 3 rings (SSSR count). The van der Waals surface area contributed by atoms with Crippen LogP contribution in [0.25, 0.3) is 0 Å². The highest BCUT2D eigenvalue weighted by molar-refractivity contribution is 5.64. The largest absolute Gasteiger partial charge is 0.465 e. The average molecular weight is 397 g/mol. The minimum absolute atomic E-state index is 0.426. The van der Waals surface area contributed by atoms with Gasteiger partial charge in [-0.3, -0.25) is 4.98 Å². The summed E-state index contributed by atoms with van der Waals surface area (Å²) in [6.07, 6.45) is 1.22. The van der Waals surface area contributed by atoms with Crippen molar-refractivity contribution in [3.63, 3.8) is 0 Å². The topological polar surface area (TPSA) is 68.7 Å². The lowest BCUT2D eigenvalue weighted by Crippen LogP contribution is -2.34. The quantitative estimate of drug-likeness (QED) is 0.745. The molecule has 156 valence electrons. The monoisotopic (exact) mass is 396 g/mol. The Labute approximate surface area is 173 Å². The van der Waals surface area contributed by atoms with Crippen LogP contribution in [0.15, 0.2) is 36.4 Å². The van der Waals surface area contributed by atoms with Crippen LogP contribution in [-0.2, 0) is 6.54 Å². The van der Waals surface area contributed by atoms with Crippen molar-refractivity contribution < 1.29 is 9.90 Å². The summed E-state index contributed by atoms with van der Waals surface area (Å²) in [7, 11) is 2.02. The summed E-state index contributed by atoms with van der Waals surface area (Å²) >= 11 is 0. The molecule has 2 N–H and O–H groups in total. The number of aromatic nitrogens is 1. The number of anilines is 1. The Balaban J connectivity index is 1.64. The molecule has 6 heteroatoms. The van der Waals surface area contributed by atoms with Gasteiger partial charge in [-0.05, 0) is 63.1 Å². The number of rotatable bonds is 7. The Morgan fingerprint density at radius 3 is 2.69 bits per heavy atom. The van der Waals surface area contributed by atoms with Gasteiger partial charge in [0.25, 0.3) is 0 Å². The minimum Gasteiger partial charge on any atom is -0.465 e. The number of aryl methyl sites for hydroxylation is 2. The maximum Gasteiger partial charge on any atom is 0.404 e. The fraction of sp³-hybridized carbons (Fsp3) is 0.478. The predicted molar refractivity (Wildman–Crippen MR) is 117 cm³/mol. The first-order valence-corrected chi connectivity index (χ1v) is 10.4. The molecule has 1 saturated heterocycles. The summed E-state index contributed by atoms with van der Waals surface area (Å²) in [5.74, 6) is 0.469. The maximum atomic E-state index is 10.6. The SMILES string of the molecule is Cc1cccc(N2CCC(c3nc(C)ccc3CN(C)CCNC(=O)O)CC2)c1. The molecule has 0 saturated carbocycles. The predicted octanol–water partition coefficient (Wildman–Crippen LogP) is 3.78. The van der Waals surface area contributed by atoms with Crippen LogP contribution in [0.1, 0.15) is 41.3 Å². The van der Waals surface area contributed by atoms with Gasteiger partial charge in [0.15, 0.2) is 0 Å². The van der Waals surface area contributed by atoms with E-state index in [4.69, 9.17) is 10.1 Å². The summed E-state index contributed by atoms with van der Waals surface area (Å²) in [6.45, 7) is 8.16. The molecule has 1 fully saturated rings. The molecule has 2 heterocycles. The number of benzene rings is 1. The van der Waals surface area contributed by atoms with E-state index in [1.54, 1.807) is 0 Å². The average Bonchev–Trinajstić information content (AvgIpc) is 2.69. The van der Waals surface area contributed by atoms with Crippen LogP contribution in [0.5, 0.6) is 0 Å². The summed E-state index contributed by atoms with van der Waals surface area (Å²) < 4.78 is 0. The van der Waals surface area contributed by atoms with Gasteiger partial charge in [0.2, 0.25) is 0 Å². The number of pyridine rings is 1. The summed E-state index contributed by atoms with van der Waals surface area (Å²) in [5, 5.41) is 11.2. The van der Waals surface area contributed by atoms with Gasteiger partial charge in [-0.1, -0.05) is 18.2 Å². The van der Waals surface area contributed by atoms with Crippen LogP contribution in [0, 0.1) is 13.8 Å². The molecule has 1 amide bonds. The number of carboxylic acid groups (broad SMARTS) is 1. The van der Waals surface area contributed by atoms with E-state index in [1.807, 2.05) is 7.05 Å². The van der Waals surface area contributed by atoms with Gasteiger partial charge >= 0.3 is 6.09 Å². The Morgan fingerprint density at radius 2 is 2.00 bits per heavy atom. The van der Waals surface area contributed by atoms with E-state index < -0.39 is 6.09 Å². The first kappa shape index (κ1) is 21.1. The standard InChI is InChI=1S/C23H32N4O2/c1-17-5-4-6-21(15-17)27-12-9-19(10-13-27)22-20(8-7-18(2)25-22)16-26(3)14-11-24-23(28)29/h4-8,15,19,24H,9-14,16H2,1-3H3,(H,28,29). The molecule has 29 heavy (non-hydrogen) atoms. The number of hydrogen-bond acceptors (Lipinski definition) is 4. The van der Waals surface area contributed by atoms with Gasteiger partial charge in [-0.2, -0.15) is 0 Å².